The summed E-state index contributed by atoms with van der Waals surface area (Å²) in [7, 11) is 2.99. The minimum Gasteiger partial charge on any atom is -0.462 e. The van der Waals surface area contributed by atoms with Crippen molar-refractivity contribution in [2.75, 3.05) is 39.1 Å². The number of benzene rings is 2. The highest BCUT2D eigenvalue weighted by molar-refractivity contribution is 6.33. The molecule has 13 heteroatoms. The van der Waals surface area contributed by atoms with Crippen molar-refractivity contribution < 1.29 is 33.3 Å². The van der Waals surface area contributed by atoms with Gasteiger partial charge in [0.15, 0.2) is 0 Å². The van der Waals surface area contributed by atoms with Crippen molar-refractivity contribution in [3.05, 3.63) is 111 Å². The fourth-order valence-corrected chi connectivity index (χ4v) is 4.89. The molecule has 0 fully saturated rings. The standard InChI is InChI=1S/C17H17ClN2O4.C17H16N2O4/c1-3-24-17(22)12-6-4-7-13(10-12)20(11-23-2)16(21)14-8-5-9-19-15(14)18;1-3-23-17(21)11-6-7-12-14(9-11)19(10-22-2)16(20)13-5-4-8-18-15(12)13/h4-10H,3,11H2,1-2H3;4-9H,3,10H2,1-2H3. The molecule has 0 atom stereocenters. The number of ether oxygens (including phenoxy) is 4. The van der Waals surface area contributed by atoms with Gasteiger partial charge in [0.25, 0.3) is 11.5 Å². The Morgan fingerprint density at radius 3 is 2.15 bits per heavy atom. The van der Waals surface area contributed by atoms with E-state index in [0.29, 0.717) is 39.8 Å². The van der Waals surface area contributed by atoms with Crippen molar-refractivity contribution in [2.24, 2.45) is 0 Å². The van der Waals surface area contributed by atoms with Crippen LogP contribution in [0.25, 0.3) is 21.8 Å². The first kappa shape index (κ1) is 34.7. The van der Waals surface area contributed by atoms with E-state index in [1.807, 2.05) is 0 Å². The summed E-state index contributed by atoms with van der Waals surface area (Å²) in [6.07, 6.45) is 3.14. The number of hydrogen-bond acceptors (Lipinski definition) is 10. The van der Waals surface area contributed by atoms with E-state index >= 15 is 0 Å². The van der Waals surface area contributed by atoms with Crippen LogP contribution >= 0.6 is 11.6 Å². The van der Waals surface area contributed by atoms with Crippen LogP contribution < -0.4 is 10.5 Å². The predicted molar refractivity (Wildman–Crippen MR) is 177 cm³/mol. The molecular formula is C34H33ClN4O8. The van der Waals surface area contributed by atoms with Crippen LogP contribution in [0.1, 0.15) is 44.9 Å². The average molecular weight is 661 g/mol. The van der Waals surface area contributed by atoms with Crippen LogP contribution in [0.3, 0.4) is 0 Å². The summed E-state index contributed by atoms with van der Waals surface area (Å²) in [5.41, 5.74) is 2.47. The summed E-state index contributed by atoms with van der Waals surface area (Å²) in [6, 6.07) is 18.3. The lowest BCUT2D eigenvalue weighted by atomic mass is 10.1. The van der Waals surface area contributed by atoms with Crippen molar-refractivity contribution in [3.8, 4) is 0 Å². The fourth-order valence-electron chi connectivity index (χ4n) is 4.69. The van der Waals surface area contributed by atoms with Gasteiger partial charge in [0.1, 0.15) is 18.6 Å². The molecule has 2 aromatic carbocycles. The van der Waals surface area contributed by atoms with Gasteiger partial charge in [-0.25, -0.2) is 14.6 Å². The van der Waals surface area contributed by atoms with E-state index in [0.717, 1.165) is 5.39 Å². The molecule has 0 radical (unpaired) electrons. The van der Waals surface area contributed by atoms with Crippen molar-refractivity contribution in [1.29, 1.82) is 0 Å². The number of fused-ring (bicyclic) bond motifs is 3. The highest BCUT2D eigenvalue weighted by Crippen LogP contribution is 2.24. The predicted octanol–water partition coefficient (Wildman–Crippen LogP) is 5.49. The number of nitrogens with zero attached hydrogens (tertiary/aromatic N) is 4. The largest absolute Gasteiger partial charge is 0.462 e. The Morgan fingerprint density at radius 2 is 1.49 bits per heavy atom. The van der Waals surface area contributed by atoms with E-state index < -0.39 is 11.9 Å². The number of amides is 1. The Balaban J connectivity index is 0.000000213. The number of aromatic nitrogens is 3. The normalized spacial score (nSPS) is 10.7. The molecule has 5 rings (SSSR count). The smallest absolute Gasteiger partial charge is 0.338 e. The second kappa shape index (κ2) is 16.4. The summed E-state index contributed by atoms with van der Waals surface area (Å²) in [6.45, 7) is 4.13. The topological polar surface area (TPSA) is 139 Å². The molecule has 47 heavy (non-hydrogen) atoms. The lowest BCUT2D eigenvalue weighted by Crippen LogP contribution is -2.33. The molecule has 3 heterocycles. The number of halogens is 1. The Labute approximate surface area is 275 Å². The van der Waals surface area contributed by atoms with Crippen molar-refractivity contribution in [1.82, 2.24) is 14.5 Å². The van der Waals surface area contributed by atoms with E-state index in [9.17, 15) is 19.2 Å². The van der Waals surface area contributed by atoms with Crippen molar-refractivity contribution >= 4 is 56.9 Å². The molecule has 0 aliphatic carbocycles. The third-order valence-electron chi connectivity index (χ3n) is 6.76. The highest BCUT2D eigenvalue weighted by atomic mass is 35.5. The van der Waals surface area contributed by atoms with Gasteiger partial charge in [0.05, 0.1) is 46.3 Å². The minimum atomic E-state index is -0.455. The molecule has 0 aliphatic heterocycles. The highest BCUT2D eigenvalue weighted by Gasteiger charge is 2.22. The van der Waals surface area contributed by atoms with Crippen LogP contribution in [0.5, 0.6) is 0 Å². The Morgan fingerprint density at radius 1 is 0.809 bits per heavy atom. The van der Waals surface area contributed by atoms with Crippen molar-refractivity contribution in [2.45, 2.75) is 20.6 Å². The van der Waals surface area contributed by atoms with Crippen LogP contribution in [0.4, 0.5) is 5.69 Å². The van der Waals surface area contributed by atoms with Gasteiger partial charge in [-0.05, 0) is 74.5 Å². The number of hydrogen-bond donors (Lipinski definition) is 0. The number of pyridine rings is 3. The Kier molecular flexibility index (Phi) is 12.1. The van der Waals surface area contributed by atoms with Gasteiger partial charge >= 0.3 is 11.9 Å². The SMILES string of the molecule is CCOC(=O)c1ccc2c3ncccc3c(=O)n(COC)c2c1.CCOC(=O)c1cccc(N(COC)C(=O)c2cccnc2Cl)c1. The molecule has 12 nitrogen and oxygen atoms in total. The summed E-state index contributed by atoms with van der Waals surface area (Å²) in [4.78, 5) is 58.9. The minimum absolute atomic E-state index is 0.00364. The molecule has 3 aromatic heterocycles. The summed E-state index contributed by atoms with van der Waals surface area (Å²) < 4.78 is 21.7. The maximum absolute atomic E-state index is 12.8. The van der Waals surface area contributed by atoms with E-state index in [4.69, 9.17) is 30.5 Å². The van der Waals surface area contributed by atoms with Gasteiger partial charge in [0, 0.05) is 37.7 Å². The molecule has 0 spiro atoms. The van der Waals surface area contributed by atoms with Gasteiger partial charge in [-0.1, -0.05) is 17.7 Å². The fraction of sp³-hybridized carbons (Fsp3) is 0.235. The first-order valence-corrected chi connectivity index (χ1v) is 14.9. The zero-order chi connectivity index (χ0) is 33.9. The molecule has 0 N–H and O–H groups in total. The van der Waals surface area contributed by atoms with Crippen molar-refractivity contribution in [3.63, 3.8) is 0 Å². The monoisotopic (exact) mass is 660 g/mol. The second-order valence-electron chi connectivity index (χ2n) is 9.77. The van der Waals surface area contributed by atoms with Gasteiger partial charge in [0.2, 0.25) is 0 Å². The average Bonchev–Trinajstić information content (AvgIpc) is 3.09. The third kappa shape index (κ3) is 7.98. The molecule has 244 valence electrons. The number of anilines is 1. The summed E-state index contributed by atoms with van der Waals surface area (Å²) >= 11 is 6.00. The van der Waals surface area contributed by atoms with Crippen LogP contribution in [-0.4, -0.2) is 66.5 Å². The number of esters is 2. The molecule has 0 saturated carbocycles. The van der Waals surface area contributed by atoms with Gasteiger partial charge < -0.3 is 18.9 Å². The van der Waals surface area contributed by atoms with E-state index in [2.05, 4.69) is 9.97 Å². The number of methoxy groups -OCH3 is 2. The zero-order valence-corrected chi connectivity index (χ0v) is 27.0. The molecule has 0 unspecified atom stereocenters. The number of rotatable bonds is 10. The lowest BCUT2D eigenvalue weighted by molar-refractivity contribution is 0.0517. The maximum Gasteiger partial charge on any atom is 0.338 e. The van der Waals surface area contributed by atoms with E-state index in [1.54, 1.807) is 86.8 Å². The van der Waals surface area contributed by atoms with E-state index in [1.165, 1.54) is 29.9 Å². The van der Waals surface area contributed by atoms with Crippen LogP contribution in [-0.2, 0) is 25.7 Å². The quantitative estimate of drug-likeness (QED) is 0.0817. The summed E-state index contributed by atoms with van der Waals surface area (Å²) in [5.74, 6) is -1.26. The number of carbonyl (C=O) groups is 3. The molecule has 0 bridgehead atoms. The number of carbonyl (C=O) groups excluding carboxylic acids is 3. The molecule has 5 aromatic rings. The van der Waals surface area contributed by atoms with Crippen LogP contribution in [0.15, 0.2) is 83.9 Å². The third-order valence-corrected chi connectivity index (χ3v) is 7.06. The van der Waals surface area contributed by atoms with Gasteiger partial charge in [-0.15, -0.1) is 0 Å². The van der Waals surface area contributed by atoms with Gasteiger partial charge in [-0.2, -0.15) is 0 Å². The molecule has 0 aliphatic rings. The Bertz CT molecular complexity index is 1960. The first-order valence-electron chi connectivity index (χ1n) is 14.5. The zero-order valence-electron chi connectivity index (χ0n) is 26.3. The van der Waals surface area contributed by atoms with Crippen LogP contribution in [0.2, 0.25) is 5.15 Å². The van der Waals surface area contributed by atoms with Crippen LogP contribution in [0, 0.1) is 0 Å². The molecular weight excluding hydrogens is 628 g/mol. The first-order chi connectivity index (χ1) is 22.7. The molecule has 1 amide bonds. The molecule has 0 saturated heterocycles. The lowest BCUT2D eigenvalue weighted by Gasteiger charge is -2.22. The second-order valence-corrected chi connectivity index (χ2v) is 10.1. The van der Waals surface area contributed by atoms with E-state index in [-0.39, 0.29) is 42.3 Å². The van der Waals surface area contributed by atoms with Gasteiger partial charge in [-0.3, -0.25) is 24.0 Å². The Hall–Kier alpha value is -5.17. The summed E-state index contributed by atoms with van der Waals surface area (Å²) in [5, 5.41) is 1.40. The maximum atomic E-state index is 12.8.